The highest BCUT2D eigenvalue weighted by molar-refractivity contribution is 5.89. The summed E-state index contributed by atoms with van der Waals surface area (Å²) in [7, 11) is 0. The van der Waals surface area contributed by atoms with E-state index in [-0.39, 0.29) is 11.6 Å². The van der Waals surface area contributed by atoms with Gasteiger partial charge in [-0.1, -0.05) is 19.1 Å². The lowest BCUT2D eigenvalue weighted by atomic mass is 10.0. The van der Waals surface area contributed by atoms with Crippen LogP contribution in [0.15, 0.2) is 24.3 Å². The molecule has 1 fully saturated rings. The Hall–Kier alpha value is -1.59. The second kappa shape index (κ2) is 6.91. The third kappa shape index (κ3) is 4.44. The molecule has 21 heavy (non-hydrogen) atoms. The maximum absolute atomic E-state index is 12.0. The SMILES string of the molecule is CCNC(C)c1ccc(NC(=O)NC2(C)CCOC2)cc1. The summed E-state index contributed by atoms with van der Waals surface area (Å²) in [6.45, 7) is 8.42. The number of anilines is 1. The Bertz CT molecular complexity index is 467. The molecule has 5 nitrogen and oxygen atoms in total. The molecule has 116 valence electrons. The Labute approximate surface area is 126 Å². The second-order valence-electron chi connectivity index (χ2n) is 5.84. The molecule has 1 saturated heterocycles. The van der Waals surface area contributed by atoms with E-state index in [1.807, 2.05) is 31.2 Å². The van der Waals surface area contributed by atoms with Crippen LogP contribution >= 0.6 is 0 Å². The quantitative estimate of drug-likeness (QED) is 0.781. The first-order valence-corrected chi connectivity index (χ1v) is 7.53. The maximum atomic E-state index is 12.0. The molecule has 0 saturated carbocycles. The molecule has 0 radical (unpaired) electrons. The minimum atomic E-state index is -0.260. The van der Waals surface area contributed by atoms with Gasteiger partial charge in [0.05, 0.1) is 12.1 Å². The van der Waals surface area contributed by atoms with Gasteiger partial charge in [-0.25, -0.2) is 4.79 Å². The summed E-state index contributed by atoms with van der Waals surface area (Å²) in [5.74, 6) is 0. The lowest BCUT2D eigenvalue weighted by molar-refractivity contribution is 0.172. The van der Waals surface area contributed by atoms with Gasteiger partial charge in [-0.3, -0.25) is 0 Å². The third-order valence-electron chi connectivity index (χ3n) is 3.81. The van der Waals surface area contributed by atoms with Gasteiger partial charge in [0.1, 0.15) is 0 Å². The summed E-state index contributed by atoms with van der Waals surface area (Å²) >= 11 is 0. The summed E-state index contributed by atoms with van der Waals surface area (Å²) in [6, 6.07) is 8.04. The van der Waals surface area contributed by atoms with Gasteiger partial charge in [-0.15, -0.1) is 0 Å². The fourth-order valence-corrected chi connectivity index (χ4v) is 2.48. The van der Waals surface area contributed by atoms with Crippen molar-refractivity contribution in [2.24, 2.45) is 0 Å². The van der Waals surface area contributed by atoms with Crippen LogP contribution in [0.5, 0.6) is 0 Å². The van der Waals surface area contributed by atoms with Gasteiger partial charge in [0.15, 0.2) is 0 Å². The molecule has 1 aromatic carbocycles. The number of urea groups is 1. The number of carbonyl (C=O) groups excluding carboxylic acids is 1. The van der Waals surface area contributed by atoms with Crippen molar-refractivity contribution >= 4 is 11.7 Å². The largest absolute Gasteiger partial charge is 0.379 e. The minimum absolute atomic E-state index is 0.185. The van der Waals surface area contributed by atoms with Crippen molar-refractivity contribution in [1.82, 2.24) is 10.6 Å². The van der Waals surface area contributed by atoms with Crippen LogP contribution in [0.2, 0.25) is 0 Å². The van der Waals surface area contributed by atoms with Gasteiger partial charge >= 0.3 is 6.03 Å². The Morgan fingerprint density at radius 3 is 2.67 bits per heavy atom. The lowest BCUT2D eigenvalue weighted by Gasteiger charge is -2.23. The lowest BCUT2D eigenvalue weighted by Crippen LogP contribution is -2.48. The van der Waals surface area contributed by atoms with E-state index in [1.165, 1.54) is 5.56 Å². The number of ether oxygens (including phenoxy) is 1. The summed E-state index contributed by atoms with van der Waals surface area (Å²) in [5, 5.41) is 9.20. The third-order valence-corrected chi connectivity index (χ3v) is 3.81. The number of rotatable bonds is 5. The fraction of sp³-hybridized carbons (Fsp3) is 0.562. The average Bonchev–Trinajstić information content (AvgIpc) is 2.86. The van der Waals surface area contributed by atoms with Gasteiger partial charge in [0.2, 0.25) is 0 Å². The molecular formula is C16H25N3O2. The molecule has 3 N–H and O–H groups in total. The zero-order chi connectivity index (χ0) is 15.3. The number of benzene rings is 1. The van der Waals surface area contributed by atoms with Crippen LogP contribution < -0.4 is 16.0 Å². The maximum Gasteiger partial charge on any atom is 0.319 e. The number of carbonyl (C=O) groups is 1. The molecular weight excluding hydrogens is 266 g/mol. The van der Waals surface area contributed by atoms with Crippen molar-refractivity contribution in [1.29, 1.82) is 0 Å². The molecule has 2 atom stereocenters. The average molecular weight is 291 g/mol. The van der Waals surface area contributed by atoms with Crippen molar-refractivity contribution in [3.05, 3.63) is 29.8 Å². The first kappa shape index (κ1) is 15.8. The number of nitrogens with one attached hydrogen (secondary N) is 3. The van der Waals surface area contributed by atoms with E-state index in [1.54, 1.807) is 0 Å². The second-order valence-corrected chi connectivity index (χ2v) is 5.84. The number of hydrogen-bond acceptors (Lipinski definition) is 3. The smallest absolute Gasteiger partial charge is 0.319 e. The van der Waals surface area contributed by atoms with E-state index < -0.39 is 0 Å². The number of hydrogen-bond donors (Lipinski definition) is 3. The predicted molar refractivity (Wildman–Crippen MR) is 84.5 cm³/mol. The van der Waals surface area contributed by atoms with E-state index in [2.05, 4.69) is 29.8 Å². The molecule has 1 aliphatic heterocycles. The van der Waals surface area contributed by atoms with E-state index >= 15 is 0 Å². The molecule has 1 heterocycles. The molecule has 1 aliphatic rings. The highest BCUT2D eigenvalue weighted by Crippen LogP contribution is 2.19. The summed E-state index contributed by atoms with van der Waals surface area (Å²) in [4.78, 5) is 12.0. The monoisotopic (exact) mass is 291 g/mol. The van der Waals surface area contributed by atoms with Crippen molar-refractivity contribution in [2.45, 2.75) is 38.8 Å². The van der Waals surface area contributed by atoms with Crippen LogP contribution in [0.25, 0.3) is 0 Å². The zero-order valence-electron chi connectivity index (χ0n) is 13.0. The van der Waals surface area contributed by atoms with Gasteiger partial charge in [-0.2, -0.15) is 0 Å². The topological polar surface area (TPSA) is 62.4 Å². The standard InChI is InChI=1S/C16H25N3O2/c1-4-17-12(2)13-5-7-14(8-6-13)18-15(20)19-16(3)9-10-21-11-16/h5-8,12,17H,4,9-11H2,1-3H3,(H2,18,19,20). The summed E-state index contributed by atoms with van der Waals surface area (Å²) in [6.07, 6.45) is 0.847. The molecule has 2 unspecified atom stereocenters. The Morgan fingerprint density at radius 2 is 2.10 bits per heavy atom. The number of amides is 2. The van der Waals surface area contributed by atoms with Gasteiger partial charge in [0.25, 0.3) is 0 Å². The Balaban J connectivity index is 1.89. The predicted octanol–water partition coefficient (Wildman–Crippen LogP) is 2.66. The molecule has 1 aromatic rings. The zero-order valence-corrected chi connectivity index (χ0v) is 13.0. The van der Waals surface area contributed by atoms with Gasteiger partial charge in [0, 0.05) is 18.3 Å². The van der Waals surface area contributed by atoms with Crippen LogP contribution in [0, 0.1) is 0 Å². The molecule has 0 bridgehead atoms. The van der Waals surface area contributed by atoms with Gasteiger partial charge < -0.3 is 20.7 Å². The molecule has 2 rings (SSSR count). The first-order valence-electron chi connectivity index (χ1n) is 7.53. The highest BCUT2D eigenvalue weighted by Gasteiger charge is 2.31. The molecule has 2 amide bonds. The van der Waals surface area contributed by atoms with Crippen molar-refractivity contribution in [3.8, 4) is 0 Å². The van der Waals surface area contributed by atoms with E-state index in [9.17, 15) is 4.79 Å². The minimum Gasteiger partial charge on any atom is -0.379 e. The summed E-state index contributed by atoms with van der Waals surface area (Å²) in [5.41, 5.74) is 1.74. The van der Waals surface area contributed by atoms with Crippen molar-refractivity contribution in [3.63, 3.8) is 0 Å². The molecule has 0 spiro atoms. The van der Waals surface area contributed by atoms with E-state index in [0.717, 1.165) is 18.7 Å². The van der Waals surface area contributed by atoms with Crippen molar-refractivity contribution in [2.75, 3.05) is 25.1 Å². The van der Waals surface area contributed by atoms with Crippen LogP contribution in [-0.4, -0.2) is 31.3 Å². The molecule has 5 heteroatoms. The Kier molecular flexibility index (Phi) is 5.20. The van der Waals surface area contributed by atoms with Crippen LogP contribution in [0.4, 0.5) is 10.5 Å². The van der Waals surface area contributed by atoms with Crippen LogP contribution in [0.1, 0.15) is 38.8 Å². The summed E-state index contributed by atoms with van der Waals surface area (Å²) < 4.78 is 5.33. The van der Waals surface area contributed by atoms with E-state index in [0.29, 0.717) is 19.3 Å². The van der Waals surface area contributed by atoms with E-state index in [4.69, 9.17) is 4.74 Å². The molecule has 0 aromatic heterocycles. The van der Waals surface area contributed by atoms with Crippen LogP contribution in [-0.2, 0) is 4.74 Å². The van der Waals surface area contributed by atoms with Gasteiger partial charge in [-0.05, 0) is 44.5 Å². The first-order chi connectivity index (χ1) is 10.0. The van der Waals surface area contributed by atoms with Crippen molar-refractivity contribution < 1.29 is 9.53 Å². The normalized spacial score (nSPS) is 22.8. The Morgan fingerprint density at radius 1 is 1.38 bits per heavy atom. The fourth-order valence-electron chi connectivity index (χ4n) is 2.48. The highest BCUT2D eigenvalue weighted by atomic mass is 16.5. The molecule has 0 aliphatic carbocycles. The van der Waals surface area contributed by atoms with Crippen LogP contribution in [0.3, 0.4) is 0 Å².